The Hall–Kier alpha value is -2.02. The third-order valence-corrected chi connectivity index (χ3v) is 5.30. The number of hydrogen-bond donors (Lipinski definition) is 2. The highest BCUT2D eigenvalue weighted by molar-refractivity contribution is 5.79. The zero-order chi connectivity index (χ0) is 18.2. The van der Waals surface area contributed by atoms with Gasteiger partial charge < -0.3 is 24.9 Å². The van der Waals surface area contributed by atoms with Gasteiger partial charge in [0.1, 0.15) is 5.76 Å². The Labute approximate surface area is 155 Å². The molecule has 2 saturated heterocycles. The van der Waals surface area contributed by atoms with Gasteiger partial charge >= 0.3 is 6.03 Å². The summed E-state index contributed by atoms with van der Waals surface area (Å²) in [6, 6.07) is 3.54. The lowest BCUT2D eigenvalue weighted by molar-refractivity contribution is -0.126. The third-order valence-electron chi connectivity index (χ3n) is 5.30. The van der Waals surface area contributed by atoms with Crippen LogP contribution >= 0.6 is 0 Å². The van der Waals surface area contributed by atoms with Gasteiger partial charge in [0.05, 0.1) is 12.8 Å². The lowest BCUT2D eigenvalue weighted by Crippen LogP contribution is -2.46. The van der Waals surface area contributed by atoms with E-state index in [2.05, 4.69) is 15.5 Å². The number of furan rings is 1. The maximum absolute atomic E-state index is 12.3. The van der Waals surface area contributed by atoms with E-state index < -0.39 is 0 Å². The number of urea groups is 1. The Morgan fingerprint density at radius 2 is 1.88 bits per heavy atom. The highest BCUT2D eigenvalue weighted by Gasteiger charge is 2.27. The molecule has 3 amide bonds. The fourth-order valence-electron chi connectivity index (χ4n) is 3.70. The zero-order valence-electron chi connectivity index (χ0n) is 15.4. The van der Waals surface area contributed by atoms with Gasteiger partial charge in [0.2, 0.25) is 5.91 Å². The van der Waals surface area contributed by atoms with Gasteiger partial charge in [0.25, 0.3) is 0 Å². The van der Waals surface area contributed by atoms with Gasteiger partial charge in [0, 0.05) is 25.6 Å². The summed E-state index contributed by atoms with van der Waals surface area (Å²) in [6.07, 6.45) is 6.68. The Bertz CT molecular complexity index is 561. The summed E-state index contributed by atoms with van der Waals surface area (Å²) >= 11 is 0. The Morgan fingerprint density at radius 1 is 1.12 bits per heavy atom. The van der Waals surface area contributed by atoms with Gasteiger partial charge in [0.15, 0.2) is 0 Å². The van der Waals surface area contributed by atoms with Gasteiger partial charge in [-0.25, -0.2) is 4.79 Å². The van der Waals surface area contributed by atoms with Gasteiger partial charge in [-0.1, -0.05) is 0 Å². The molecule has 3 rings (SSSR count). The van der Waals surface area contributed by atoms with Crippen molar-refractivity contribution >= 4 is 11.9 Å². The summed E-state index contributed by atoms with van der Waals surface area (Å²) < 4.78 is 5.21. The Balaban J connectivity index is 1.28. The molecule has 0 radical (unpaired) electrons. The molecule has 1 aromatic rings. The first-order valence-electron chi connectivity index (χ1n) is 9.77. The molecule has 7 nitrogen and oxygen atoms in total. The van der Waals surface area contributed by atoms with Crippen molar-refractivity contribution in [2.75, 3.05) is 39.3 Å². The standard InChI is InChI=1S/C19H30N4O3/c24-18(20-8-4-11-22-9-1-2-10-22)16-6-12-23(13-7-16)19(25)21-15-17-5-3-14-26-17/h3,5,14,16H,1-2,4,6-13,15H2,(H,20,24)(H,21,25). The molecule has 0 spiro atoms. The number of hydrogen-bond acceptors (Lipinski definition) is 4. The van der Waals surface area contributed by atoms with Crippen molar-refractivity contribution in [2.45, 2.75) is 38.6 Å². The van der Waals surface area contributed by atoms with E-state index in [4.69, 9.17) is 4.42 Å². The SMILES string of the molecule is O=C(NCCCN1CCCC1)C1CCN(C(=O)NCc2ccco2)CC1. The summed E-state index contributed by atoms with van der Waals surface area (Å²) in [4.78, 5) is 28.7. The summed E-state index contributed by atoms with van der Waals surface area (Å²) in [5.74, 6) is 0.902. The van der Waals surface area contributed by atoms with Crippen molar-refractivity contribution in [3.63, 3.8) is 0 Å². The molecule has 7 heteroatoms. The highest BCUT2D eigenvalue weighted by atomic mass is 16.3. The molecule has 26 heavy (non-hydrogen) atoms. The summed E-state index contributed by atoms with van der Waals surface area (Å²) in [5, 5.41) is 5.92. The van der Waals surface area contributed by atoms with Crippen LogP contribution in [0.3, 0.4) is 0 Å². The number of nitrogens with zero attached hydrogens (tertiary/aromatic N) is 2. The van der Waals surface area contributed by atoms with Gasteiger partial charge in [-0.15, -0.1) is 0 Å². The minimum absolute atomic E-state index is 0.0240. The van der Waals surface area contributed by atoms with Crippen LogP contribution in [0.15, 0.2) is 22.8 Å². The highest BCUT2D eigenvalue weighted by Crippen LogP contribution is 2.17. The third kappa shape index (κ3) is 5.49. The van der Waals surface area contributed by atoms with E-state index in [0.717, 1.165) is 38.1 Å². The van der Waals surface area contributed by atoms with Crippen molar-refractivity contribution in [1.29, 1.82) is 0 Å². The lowest BCUT2D eigenvalue weighted by Gasteiger charge is -2.31. The van der Waals surface area contributed by atoms with Crippen molar-refractivity contribution in [3.05, 3.63) is 24.2 Å². The van der Waals surface area contributed by atoms with E-state index in [1.165, 1.54) is 25.9 Å². The average Bonchev–Trinajstić information content (AvgIpc) is 3.37. The molecule has 0 atom stereocenters. The fraction of sp³-hybridized carbons (Fsp3) is 0.684. The molecule has 0 bridgehead atoms. The van der Waals surface area contributed by atoms with E-state index in [9.17, 15) is 9.59 Å². The fourth-order valence-corrected chi connectivity index (χ4v) is 3.70. The van der Waals surface area contributed by atoms with Gasteiger partial charge in [-0.3, -0.25) is 4.79 Å². The van der Waals surface area contributed by atoms with Crippen molar-refractivity contribution < 1.29 is 14.0 Å². The second-order valence-corrected chi connectivity index (χ2v) is 7.19. The van der Waals surface area contributed by atoms with Crippen LogP contribution in [0.2, 0.25) is 0 Å². The van der Waals surface area contributed by atoms with Crippen LogP contribution in [0.1, 0.15) is 37.9 Å². The number of rotatable bonds is 7. The van der Waals surface area contributed by atoms with Crippen LogP contribution in [0, 0.1) is 5.92 Å². The number of carbonyl (C=O) groups excluding carboxylic acids is 2. The minimum Gasteiger partial charge on any atom is -0.467 e. The van der Waals surface area contributed by atoms with Crippen molar-refractivity contribution in [3.8, 4) is 0 Å². The van der Waals surface area contributed by atoms with E-state index in [1.54, 1.807) is 17.2 Å². The summed E-state index contributed by atoms with van der Waals surface area (Å²) in [6.45, 7) is 5.87. The largest absolute Gasteiger partial charge is 0.467 e. The van der Waals surface area contributed by atoms with Crippen LogP contribution in [-0.2, 0) is 11.3 Å². The van der Waals surface area contributed by atoms with E-state index >= 15 is 0 Å². The Morgan fingerprint density at radius 3 is 2.58 bits per heavy atom. The predicted molar refractivity (Wildman–Crippen MR) is 98.5 cm³/mol. The molecule has 2 N–H and O–H groups in total. The van der Waals surface area contributed by atoms with Crippen molar-refractivity contribution in [1.82, 2.24) is 20.4 Å². The maximum atomic E-state index is 12.3. The molecule has 3 heterocycles. The van der Waals surface area contributed by atoms with Crippen LogP contribution in [0.25, 0.3) is 0 Å². The smallest absolute Gasteiger partial charge is 0.317 e. The molecule has 2 aliphatic rings. The van der Waals surface area contributed by atoms with Crippen LogP contribution in [0.5, 0.6) is 0 Å². The normalized spacial score (nSPS) is 18.8. The first-order valence-corrected chi connectivity index (χ1v) is 9.77. The zero-order valence-corrected chi connectivity index (χ0v) is 15.4. The second-order valence-electron chi connectivity index (χ2n) is 7.19. The first-order chi connectivity index (χ1) is 12.7. The van der Waals surface area contributed by atoms with Crippen LogP contribution in [-0.4, -0.2) is 61.0 Å². The van der Waals surface area contributed by atoms with E-state index in [0.29, 0.717) is 19.6 Å². The summed E-state index contributed by atoms with van der Waals surface area (Å²) in [7, 11) is 0. The molecule has 2 aliphatic heterocycles. The van der Waals surface area contributed by atoms with Crippen LogP contribution < -0.4 is 10.6 Å². The molecule has 0 saturated carbocycles. The Kier molecular flexibility index (Phi) is 6.94. The topological polar surface area (TPSA) is 77.8 Å². The molecule has 1 aromatic heterocycles. The monoisotopic (exact) mass is 362 g/mol. The van der Waals surface area contributed by atoms with Crippen molar-refractivity contribution in [2.24, 2.45) is 5.92 Å². The number of piperidine rings is 1. The lowest BCUT2D eigenvalue weighted by atomic mass is 9.96. The molecule has 0 aliphatic carbocycles. The average molecular weight is 362 g/mol. The van der Waals surface area contributed by atoms with Crippen LogP contribution in [0.4, 0.5) is 4.79 Å². The van der Waals surface area contributed by atoms with Gasteiger partial charge in [-0.05, 0) is 63.9 Å². The quantitative estimate of drug-likeness (QED) is 0.725. The van der Waals surface area contributed by atoms with E-state index in [-0.39, 0.29) is 17.9 Å². The molecular weight excluding hydrogens is 332 g/mol. The maximum Gasteiger partial charge on any atom is 0.317 e. The summed E-state index contributed by atoms with van der Waals surface area (Å²) in [5.41, 5.74) is 0. The molecule has 144 valence electrons. The molecule has 2 fully saturated rings. The van der Waals surface area contributed by atoms with E-state index in [1.807, 2.05) is 6.07 Å². The number of nitrogens with one attached hydrogen (secondary N) is 2. The van der Waals surface area contributed by atoms with Gasteiger partial charge in [-0.2, -0.15) is 0 Å². The second kappa shape index (κ2) is 9.62. The number of carbonyl (C=O) groups is 2. The predicted octanol–water partition coefficient (Wildman–Crippen LogP) is 1.80. The number of amides is 3. The first kappa shape index (κ1) is 18.8. The molecule has 0 aromatic carbocycles. The number of likely N-dealkylation sites (tertiary alicyclic amines) is 2. The molecular formula is C19H30N4O3. The molecule has 0 unspecified atom stereocenters. The minimum atomic E-state index is -0.0918.